The summed E-state index contributed by atoms with van der Waals surface area (Å²) in [5.41, 5.74) is 2.65. The van der Waals surface area contributed by atoms with Gasteiger partial charge in [0, 0.05) is 29.6 Å². The molecule has 2 aliphatic heterocycles. The van der Waals surface area contributed by atoms with Gasteiger partial charge in [-0.3, -0.25) is 0 Å². The molecule has 5 rings (SSSR count). The summed E-state index contributed by atoms with van der Waals surface area (Å²) in [5.74, 6) is 1.25. The summed E-state index contributed by atoms with van der Waals surface area (Å²) in [6.45, 7) is 2.77. The van der Waals surface area contributed by atoms with Crippen molar-refractivity contribution in [1.29, 1.82) is 0 Å². The van der Waals surface area contributed by atoms with E-state index >= 15 is 0 Å². The van der Waals surface area contributed by atoms with Gasteiger partial charge in [-0.1, -0.05) is 24.3 Å². The number of hydrogen-bond donors (Lipinski definition) is 0. The lowest BCUT2D eigenvalue weighted by atomic mass is 10.1. The summed E-state index contributed by atoms with van der Waals surface area (Å²) in [6.07, 6.45) is 1.75. The van der Waals surface area contributed by atoms with Crippen LogP contribution in [0.15, 0.2) is 65.3 Å². The Morgan fingerprint density at radius 1 is 1.06 bits per heavy atom. The van der Waals surface area contributed by atoms with Crippen LogP contribution in [0.2, 0.25) is 0 Å². The highest BCUT2D eigenvalue weighted by Gasteiger charge is 2.26. The lowest BCUT2D eigenvalue weighted by Gasteiger charge is -2.29. The van der Waals surface area contributed by atoms with E-state index in [-0.39, 0.29) is 11.6 Å². The molecule has 7 nitrogen and oxygen atoms in total. The van der Waals surface area contributed by atoms with E-state index in [0.29, 0.717) is 24.5 Å². The van der Waals surface area contributed by atoms with Crippen LogP contribution in [-0.4, -0.2) is 50.3 Å². The number of fused-ring (bicyclic) bond motifs is 1. The number of para-hydroxylation sites is 1. The van der Waals surface area contributed by atoms with Crippen LogP contribution in [0.4, 0.5) is 5.82 Å². The third-order valence-electron chi connectivity index (χ3n) is 5.27. The van der Waals surface area contributed by atoms with Crippen LogP contribution in [0.5, 0.6) is 5.75 Å². The van der Waals surface area contributed by atoms with Gasteiger partial charge < -0.3 is 19.1 Å². The van der Waals surface area contributed by atoms with Gasteiger partial charge in [-0.05, 0) is 36.4 Å². The molecule has 2 aromatic carbocycles. The van der Waals surface area contributed by atoms with Crippen molar-refractivity contribution in [3.05, 3.63) is 71.4 Å². The highest BCUT2D eigenvalue weighted by Crippen LogP contribution is 2.28. The predicted octanol–water partition coefficient (Wildman–Crippen LogP) is 3.42. The summed E-state index contributed by atoms with van der Waals surface area (Å²) in [7, 11) is 1.59. The fourth-order valence-corrected chi connectivity index (χ4v) is 3.69. The Labute approximate surface area is 179 Å². The van der Waals surface area contributed by atoms with E-state index in [2.05, 4.69) is 9.89 Å². The molecule has 1 aromatic heterocycles. The van der Waals surface area contributed by atoms with Crippen LogP contribution in [0.1, 0.15) is 11.1 Å². The Kier molecular flexibility index (Phi) is 5.09. The number of hydrogen-bond acceptors (Lipinski definition) is 7. The maximum absolute atomic E-state index is 12.6. The fourth-order valence-electron chi connectivity index (χ4n) is 3.69. The molecule has 3 aromatic rings. The molecule has 0 spiro atoms. The monoisotopic (exact) mass is 415 g/mol. The molecule has 0 bridgehead atoms. The fraction of sp³-hybridized carbons (Fsp3) is 0.208. The van der Waals surface area contributed by atoms with E-state index in [4.69, 9.17) is 19.2 Å². The van der Waals surface area contributed by atoms with Crippen molar-refractivity contribution in [2.45, 2.75) is 0 Å². The number of pyridine rings is 1. The first-order chi connectivity index (χ1) is 15.2. The minimum absolute atomic E-state index is 0.240. The molecule has 1 fully saturated rings. The van der Waals surface area contributed by atoms with E-state index in [1.54, 1.807) is 19.3 Å². The predicted molar refractivity (Wildman–Crippen MR) is 118 cm³/mol. The SMILES string of the molecule is COc1cccc(C2=N/C(=C\c3cc4ccccc4nc3N3CCOCC3)C(=O)O2)c1. The third-order valence-corrected chi connectivity index (χ3v) is 5.27. The number of benzene rings is 2. The second-order valence-electron chi connectivity index (χ2n) is 7.26. The molecule has 0 atom stereocenters. The second-order valence-corrected chi connectivity index (χ2v) is 7.26. The van der Waals surface area contributed by atoms with Crippen LogP contribution < -0.4 is 9.64 Å². The second kappa shape index (κ2) is 8.20. The smallest absolute Gasteiger partial charge is 0.363 e. The van der Waals surface area contributed by atoms with Crippen molar-refractivity contribution >= 4 is 34.7 Å². The largest absolute Gasteiger partial charge is 0.497 e. The van der Waals surface area contributed by atoms with Crippen molar-refractivity contribution < 1.29 is 19.0 Å². The zero-order valence-electron chi connectivity index (χ0n) is 17.1. The quantitative estimate of drug-likeness (QED) is 0.480. The Bertz CT molecular complexity index is 1210. The number of anilines is 1. The maximum Gasteiger partial charge on any atom is 0.363 e. The Balaban J connectivity index is 1.57. The van der Waals surface area contributed by atoms with E-state index in [1.165, 1.54) is 0 Å². The molecule has 0 saturated carbocycles. The lowest BCUT2D eigenvalue weighted by Crippen LogP contribution is -2.37. The molecule has 0 N–H and O–H groups in total. The molecule has 31 heavy (non-hydrogen) atoms. The van der Waals surface area contributed by atoms with Crippen molar-refractivity contribution in [1.82, 2.24) is 4.98 Å². The van der Waals surface area contributed by atoms with E-state index in [0.717, 1.165) is 35.4 Å². The summed E-state index contributed by atoms with van der Waals surface area (Å²) < 4.78 is 16.2. The number of morpholine rings is 1. The van der Waals surface area contributed by atoms with Crippen LogP contribution in [0, 0.1) is 0 Å². The molecule has 0 amide bonds. The van der Waals surface area contributed by atoms with E-state index in [1.807, 2.05) is 48.5 Å². The molecule has 0 radical (unpaired) electrons. The average molecular weight is 415 g/mol. The van der Waals surface area contributed by atoms with E-state index < -0.39 is 5.97 Å². The van der Waals surface area contributed by atoms with Gasteiger partial charge in [-0.25, -0.2) is 14.8 Å². The highest BCUT2D eigenvalue weighted by atomic mass is 16.6. The van der Waals surface area contributed by atoms with Crippen molar-refractivity contribution in [2.75, 3.05) is 38.3 Å². The van der Waals surface area contributed by atoms with Crippen molar-refractivity contribution in [3.8, 4) is 5.75 Å². The number of cyclic esters (lactones) is 1. The molecule has 156 valence electrons. The standard InChI is InChI=1S/C24H21N3O4/c1-29-19-7-4-6-17(14-19)23-26-21(24(28)31-23)15-18-13-16-5-2-3-8-20(16)25-22(18)27-9-11-30-12-10-27/h2-8,13-15H,9-12H2,1H3/b21-15-. The summed E-state index contributed by atoms with van der Waals surface area (Å²) >= 11 is 0. The number of ether oxygens (including phenoxy) is 3. The third kappa shape index (κ3) is 3.87. The first kappa shape index (κ1) is 19.3. The van der Waals surface area contributed by atoms with Gasteiger partial charge in [0.15, 0.2) is 5.70 Å². The molecule has 0 aliphatic carbocycles. The van der Waals surface area contributed by atoms with Gasteiger partial charge in [0.05, 0.1) is 25.8 Å². The van der Waals surface area contributed by atoms with Crippen molar-refractivity contribution in [2.24, 2.45) is 4.99 Å². The zero-order chi connectivity index (χ0) is 21.2. The van der Waals surface area contributed by atoms with Gasteiger partial charge >= 0.3 is 5.97 Å². The number of aromatic nitrogens is 1. The summed E-state index contributed by atoms with van der Waals surface area (Å²) in [6, 6.07) is 17.2. The molecule has 7 heteroatoms. The lowest BCUT2D eigenvalue weighted by molar-refractivity contribution is -0.129. The average Bonchev–Trinajstić information content (AvgIpc) is 3.19. The number of methoxy groups -OCH3 is 1. The highest BCUT2D eigenvalue weighted by molar-refractivity contribution is 6.13. The number of esters is 1. The molecule has 1 saturated heterocycles. The Morgan fingerprint density at radius 3 is 2.74 bits per heavy atom. The molecule has 0 unspecified atom stereocenters. The number of aliphatic imine (C=N–C) groups is 1. The Morgan fingerprint density at radius 2 is 1.90 bits per heavy atom. The van der Waals surface area contributed by atoms with Crippen LogP contribution in [0.3, 0.4) is 0 Å². The topological polar surface area (TPSA) is 73.3 Å². The first-order valence-electron chi connectivity index (χ1n) is 10.1. The molecular weight excluding hydrogens is 394 g/mol. The van der Waals surface area contributed by atoms with Gasteiger partial charge in [0.25, 0.3) is 0 Å². The summed E-state index contributed by atoms with van der Waals surface area (Å²) in [5, 5.41) is 0.995. The number of nitrogens with zero attached hydrogens (tertiary/aromatic N) is 3. The van der Waals surface area contributed by atoms with Crippen LogP contribution >= 0.6 is 0 Å². The van der Waals surface area contributed by atoms with Crippen molar-refractivity contribution in [3.63, 3.8) is 0 Å². The van der Waals surface area contributed by atoms with Crippen LogP contribution in [0.25, 0.3) is 17.0 Å². The number of rotatable bonds is 4. The first-order valence-corrected chi connectivity index (χ1v) is 10.1. The normalized spacial score (nSPS) is 17.7. The number of carbonyl (C=O) groups is 1. The van der Waals surface area contributed by atoms with Gasteiger partial charge in [-0.15, -0.1) is 0 Å². The molecule has 2 aliphatic rings. The molecule has 3 heterocycles. The molecular formula is C24H21N3O4. The minimum Gasteiger partial charge on any atom is -0.497 e. The minimum atomic E-state index is -0.487. The van der Waals surface area contributed by atoms with E-state index in [9.17, 15) is 4.79 Å². The zero-order valence-corrected chi connectivity index (χ0v) is 17.1. The summed E-state index contributed by atoms with van der Waals surface area (Å²) in [4.78, 5) is 24.1. The van der Waals surface area contributed by atoms with Gasteiger partial charge in [0.1, 0.15) is 11.6 Å². The van der Waals surface area contributed by atoms with Gasteiger partial charge in [0.2, 0.25) is 5.90 Å². The van der Waals surface area contributed by atoms with Crippen LogP contribution in [-0.2, 0) is 14.3 Å². The van der Waals surface area contributed by atoms with Gasteiger partial charge in [-0.2, -0.15) is 0 Å². The maximum atomic E-state index is 12.6. The number of carbonyl (C=O) groups excluding carboxylic acids is 1. The Hall–Kier alpha value is -3.71.